The third kappa shape index (κ3) is 5.65. The van der Waals surface area contributed by atoms with Gasteiger partial charge in [-0.3, -0.25) is 4.79 Å². The lowest BCUT2D eigenvalue weighted by Gasteiger charge is -2.12. The Labute approximate surface area is 124 Å². The minimum atomic E-state index is -0.993. The zero-order valence-electron chi connectivity index (χ0n) is 11.3. The van der Waals surface area contributed by atoms with Gasteiger partial charge in [0.2, 0.25) is 0 Å². The number of carbonyl (C=O) groups is 2. The summed E-state index contributed by atoms with van der Waals surface area (Å²) in [7, 11) is 0. The number of thiol groups is 1. The number of hydrogen-bond acceptors (Lipinski definition) is 3. The van der Waals surface area contributed by atoms with Gasteiger partial charge >= 0.3 is 11.9 Å². The Morgan fingerprint density at radius 2 is 1.90 bits per heavy atom. The van der Waals surface area contributed by atoms with Gasteiger partial charge < -0.3 is 10.2 Å². The molecule has 0 bridgehead atoms. The minimum Gasteiger partial charge on any atom is -0.481 e. The Morgan fingerprint density at radius 3 is 2.50 bits per heavy atom. The van der Waals surface area contributed by atoms with E-state index >= 15 is 0 Å². The van der Waals surface area contributed by atoms with E-state index in [0.29, 0.717) is 12.8 Å². The first-order chi connectivity index (χ1) is 9.54. The van der Waals surface area contributed by atoms with Crippen LogP contribution in [0.4, 0.5) is 0 Å². The molecule has 1 rings (SSSR count). The van der Waals surface area contributed by atoms with Crippen LogP contribution in [0.2, 0.25) is 0 Å². The predicted molar refractivity (Wildman–Crippen MR) is 80.6 cm³/mol. The quantitative estimate of drug-likeness (QED) is 0.483. The van der Waals surface area contributed by atoms with Gasteiger partial charge in [0, 0.05) is 0 Å². The highest BCUT2D eigenvalue weighted by atomic mass is 32.1. The number of hydrogen-bond donors (Lipinski definition) is 3. The van der Waals surface area contributed by atoms with Gasteiger partial charge in [0.05, 0.1) is 11.5 Å². The molecule has 110 valence electrons. The molecule has 0 aliphatic carbocycles. The second kappa shape index (κ2) is 8.64. The third-order valence-corrected chi connectivity index (χ3v) is 3.53. The zero-order chi connectivity index (χ0) is 15.0. The lowest BCUT2D eigenvalue weighted by molar-refractivity contribution is -0.142. The summed E-state index contributed by atoms with van der Waals surface area (Å²) in [5.74, 6) is -1.46. The van der Waals surface area contributed by atoms with Gasteiger partial charge in [0.1, 0.15) is 0 Å². The van der Waals surface area contributed by atoms with Crippen LogP contribution in [0.5, 0.6) is 0 Å². The summed E-state index contributed by atoms with van der Waals surface area (Å²) in [6.07, 6.45) is 3.81. The van der Waals surface area contributed by atoms with E-state index in [1.807, 2.05) is 0 Å². The van der Waals surface area contributed by atoms with Crippen molar-refractivity contribution in [1.82, 2.24) is 0 Å². The lowest BCUT2D eigenvalue weighted by atomic mass is 9.93. The average molecular weight is 296 g/mol. The van der Waals surface area contributed by atoms with Gasteiger partial charge in [-0.2, -0.15) is 12.6 Å². The van der Waals surface area contributed by atoms with Crippen molar-refractivity contribution in [2.75, 3.05) is 5.75 Å². The van der Waals surface area contributed by atoms with Crippen LogP contribution in [-0.4, -0.2) is 27.9 Å². The number of aromatic carboxylic acids is 1. The molecule has 0 fully saturated rings. The van der Waals surface area contributed by atoms with E-state index in [-0.39, 0.29) is 5.56 Å². The predicted octanol–water partition coefficient (Wildman–Crippen LogP) is 3.12. The highest BCUT2D eigenvalue weighted by Crippen LogP contribution is 2.17. The van der Waals surface area contributed by atoms with Gasteiger partial charge in [0.15, 0.2) is 0 Å². The number of benzene rings is 1. The molecule has 0 aliphatic rings. The van der Waals surface area contributed by atoms with Gasteiger partial charge in [-0.05, 0) is 42.7 Å². The number of carboxylic acid groups (broad SMARTS) is 2. The first kappa shape index (κ1) is 16.6. The summed E-state index contributed by atoms with van der Waals surface area (Å²) in [5.41, 5.74) is 0.952. The van der Waals surface area contributed by atoms with E-state index in [1.54, 1.807) is 18.2 Å². The minimum absolute atomic E-state index is 0.196. The molecule has 20 heavy (non-hydrogen) atoms. The molecule has 1 aromatic carbocycles. The molecule has 0 aliphatic heterocycles. The molecule has 2 N–H and O–H groups in total. The molecule has 5 heteroatoms. The Balaban J connectivity index is 2.63. The van der Waals surface area contributed by atoms with Gasteiger partial charge in [0.25, 0.3) is 0 Å². The average Bonchev–Trinajstić information content (AvgIpc) is 2.42. The Morgan fingerprint density at radius 1 is 1.15 bits per heavy atom. The maximum Gasteiger partial charge on any atom is 0.335 e. The number of aliphatic carboxylic acids is 1. The Kier molecular flexibility index (Phi) is 7.15. The largest absolute Gasteiger partial charge is 0.481 e. The van der Waals surface area contributed by atoms with Crippen molar-refractivity contribution in [3.63, 3.8) is 0 Å². The number of carboxylic acids is 2. The highest BCUT2D eigenvalue weighted by molar-refractivity contribution is 7.80. The molecule has 0 amide bonds. The summed E-state index contributed by atoms with van der Waals surface area (Å²) in [6.45, 7) is 0. The molecule has 0 unspecified atom stereocenters. The molecule has 0 heterocycles. The summed E-state index contributed by atoms with van der Waals surface area (Å²) < 4.78 is 0. The monoisotopic (exact) mass is 296 g/mol. The van der Waals surface area contributed by atoms with E-state index in [9.17, 15) is 14.7 Å². The maximum absolute atomic E-state index is 11.3. The van der Waals surface area contributed by atoms with Gasteiger partial charge in [-0.1, -0.05) is 25.0 Å². The van der Waals surface area contributed by atoms with Crippen molar-refractivity contribution in [3.8, 4) is 0 Å². The Hall–Kier alpha value is -1.49. The SMILES string of the molecule is O=C(O)c1cccc(C[C@H](CCCCCS)C(=O)O)c1. The van der Waals surface area contributed by atoms with E-state index < -0.39 is 17.9 Å². The molecule has 0 aromatic heterocycles. The van der Waals surface area contributed by atoms with E-state index in [0.717, 1.165) is 30.6 Å². The van der Waals surface area contributed by atoms with Crippen LogP contribution in [-0.2, 0) is 11.2 Å². The van der Waals surface area contributed by atoms with E-state index in [1.165, 1.54) is 6.07 Å². The first-order valence-electron chi connectivity index (χ1n) is 6.70. The topological polar surface area (TPSA) is 74.6 Å². The third-order valence-electron chi connectivity index (χ3n) is 3.22. The molecule has 0 saturated heterocycles. The smallest absolute Gasteiger partial charge is 0.335 e. The molecule has 4 nitrogen and oxygen atoms in total. The van der Waals surface area contributed by atoms with Crippen LogP contribution in [0.25, 0.3) is 0 Å². The molecule has 0 saturated carbocycles. The van der Waals surface area contributed by atoms with Crippen molar-refractivity contribution in [2.45, 2.75) is 32.1 Å². The van der Waals surface area contributed by atoms with E-state index in [2.05, 4.69) is 12.6 Å². The van der Waals surface area contributed by atoms with Crippen LogP contribution in [0.15, 0.2) is 24.3 Å². The van der Waals surface area contributed by atoms with Crippen LogP contribution in [0, 0.1) is 5.92 Å². The van der Waals surface area contributed by atoms with Crippen molar-refractivity contribution in [2.24, 2.45) is 5.92 Å². The van der Waals surface area contributed by atoms with Crippen molar-refractivity contribution < 1.29 is 19.8 Å². The van der Waals surface area contributed by atoms with Gasteiger partial charge in [-0.15, -0.1) is 0 Å². The second-order valence-electron chi connectivity index (χ2n) is 4.82. The molecule has 1 aromatic rings. The van der Waals surface area contributed by atoms with Crippen molar-refractivity contribution >= 4 is 24.6 Å². The van der Waals surface area contributed by atoms with Crippen LogP contribution >= 0.6 is 12.6 Å². The number of unbranched alkanes of at least 4 members (excludes halogenated alkanes) is 2. The maximum atomic E-state index is 11.3. The van der Waals surface area contributed by atoms with Crippen LogP contribution in [0.3, 0.4) is 0 Å². The molecule has 1 atom stereocenters. The standard InChI is InChI=1S/C15H20O4S/c16-14(17)12(6-2-1-3-8-20)9-11-5-4-7-13(10-11)15(18)19/h4-5,7,10,12,20H,1-3,6,8-9H2,(H,16,17)(H,18,19)/t12-/m0/s1. The lowest BCUT2D eigenvalue weighted by Crippen LogP contribution is -2.16. The fourth-order valence-electron chi connectivity index (χ4n) is 2.11. The highest BCUT2D eigenvalue weighted by Gasteiger charge is 2.18. The normalized spacial score (nSPS) is 12.1. The molecular weight excluding hydrogens is 276 g/mol. The molecular formula is C15H20O4S. The molecule has 0 spiro atoms. The first-order valence-corrected chi connectivity index (χ1v) is 7.33. The van der Waals surface area contributed by atoms with Crippen molar-refractivity contribution in [1.29, 1.82) is 0 Å². The van der Waals surface area contributed by atoms with Crippen LogP contribution in [0.1, 0.15) is 41.6 Å². The zero-order valence-corrected chi connectivity index (χ0v) is 12.2. The number of rotatable bonds is 9. The summed E-state index contributed by atoms with van der Waals surface area (Å²) in [5, 5.41) is 18.2. The molecule has 0 radical (unpaired) electrons. The summed E-state index contributed by atoms with van der Waals surface area (Å²) >= 11 is 4.12. The second-order valence-corrected chi connectivity index (χ2v) is 5.26. The summed E-state index contributed by atoms with van der Waals surface area (Å²) in [6, 6.07) is 6.48. The van der Waals surface area contributed by atoms with Crippen LogP contribution < -0.4 is 0 Å². The van der Waals surface area contributed by atoms with Gasteiger partial charge in [-0.25, -0.2) is 4.79 Å². The fourth-order valence-corrected chi connectivity index (χ4v) is 2.33. The van der Waals surface area contributed by atoms with E-state index in [4.69, 9.17) is 5.11 Å². The Bertz CT molecular complexity index is 459. The van der Waals surface area contributed by atoms with Crippen molar-refractivity contribution in [3.05, 3.63) is 35.4 Å². The summed E-state index contributed by atoms with van der Waals surface area (Å²) in [4.78, 5) is 22.1. The fraction of sp³-hybridized carbons (Fsp3) is 0.467.